The molecule has 2 N–H and O–H groups in total. The van der Waals surface area contributed by atoms with E-state index in [2.05, 4.69) is 5.32 Å². The van der Waals surface area contributed by atoms with Gasteiger partial charge in [-0.3, -0.25) is 4.79 Å². The maximum absolute atomic E-state index is 12.4. The fourth-order valence-electron chi connectivity index (χ4n) is 2.86. The number of nitrogens with zero attached hydrogens (tertiary/aromatic N) is 1. The van der Waals surface area contributed by atoms with E-state index in [-0.39, 0.29) is 18.5 Å². The largest absolute Gasteiger partial charge is 0.495 e. The molecule has 1 aromatic rings. The van der Waals surface area contributed by atoms with Crippen LogP contribution in [0.4, 0.5) is 5.69 Å². The van der Waals surface area contributed by atoms with Crippen LogP contribution in [0.2, 0.25) is 0 Å². The van der Waals surface area contributed by atoms with Gasteiger partial charge in [-0.05, 0) is 38.8 Å². The van der Waals surface area contributed by atoms with Crippen LogP contribution in [0.5, 0.6) is 5.75 Å². The van der Waals surface area contributed by atoms with Gasteiger partial charge in [0, 0.05) is 6.54 Å². The Bertz CT molecular complexity index is 497. The van der Waals surface area contributed by atoms with Crippen LogP contribution < -0.4 is 10.1 Å². The lowest BCUT2D eigenvalue weighted by atomic mass is 9.96. The number of anilines is 1. The van der Waals surface area contributed by atoms with Gasteiger partial charge in [0.25, 0.3) is 0 Å². The summed E-state index contributed by atoms with van der Waals surface area (Å²) in [6.45, 7) is 4.43. The first-order valence-corrected chi connectivity index (χ1v) is 7.32. The van der Waals surface area contributed by atoms with Crippen molar-refractivity contribution in [3.63, 3.8) is 0 Å². The topological polar surface area (TPSA) is 61.8 Å². The second-order valence-corrected chi connectivity index (χ2v) is 5.95. The van der Waals surface area contributed by atoms with E-state index in [0.29, 0.717) is 12.3 Å². The number of carbonyl (C=O) groups is 1. The van der Waals surface area contributed by atoms with Crippen molar-refractivity contribution in [3.8, 4) is 5.75 Å². The number of hydrogen-bond donors (Lipinski definition) is 2. The minimum atomic E-state index is -0.864. The number of amides is 1. The molecule has 0 radical (unpaired) electrons. The average molecular weight is 292 g/mol. The average Bonchev–Trinajstić information content (AvgIpc) is 2.94. The van der Waals surface area contributed by atoms with E-state index >= 15 is 0 Å². The van der Waals surface area contributed by atoms with Crippen molar-refractivity contribution >= 4 is 11.6 Å². The SMILES string of the molecule is COc1ccccc1NCC(=O)N1CCCC1C(C)(C)O. The van der Waals surface area contributed by atoms with Crippen LogP contribution in [-0.2, 0) is 4.79 Å². The second kappa shape index (κ2) is 6.35. The van der Waals surface area contributed by atoms with Crippen molar-refractivity contribution in [2.45, 2.75) is 38.3 Å². The highest BCUT2D eigenvalue weighted by Gasteiger charge is 2.38. The molecule has 0 saturated carbocycles. The van der Waals surface area contributed by atoms with Crippen LogP contribution >= 0.6 is 0 Å². The molecule has 0 spiro atoms. The zero-order chi connectivity index (χ0) is 15.5. The van der Waals surface area contributed by atoms with Crippen molar-refractivity contribution in [2.75, 3.05) is 25.5 Å². The molecular weight excluding hydrogens is 268 g/mol. The second-order valence-electron chi connectivity index (χ2n) is 5.95. The zero-order valence-electron chi connectivity index (χ0n) is 12.9. The van der Waals surface area contributed by atoms with Crippen molar-refractivity contribution in [3.05, 3.63) is 24.3 Å². The van der Waals surface area contributed by atoms with Crippen molar-refractivity contribution < 1.29 is 14.6 Å². The van der Waals surface area contributed by atoms with E-state index in [1.807, 2.05) is 24.3 Å². The van der Waals surface area contributed by atoms with Crippen molar-refractivity contribution in [1.82, 2.24) is 4.90 Å². The van der Waals surface area contributed by atoms with Gasteiger partial charge in [0.1, 0.15) is 5.75 Å². The first-order valence-electron chi connectivity index (χ1n) is 7.32. The summed E-state index contributed by atoms with van der Waals surface area (Å²) in [7, 11) is 1.60. The van der Waals surface area contributed by atoms with Crippen molar-refractivity contribution in [2.24, 2.45) is 0 Å². The number of rotatable bonds is 5. The lowest BCUT2D eigenvalue weighted by Gasteiger charge is -2.34. The van der Waals surface area contributed by atoms with Gasteiger partial charge in [-0.15, -0.1) is 0 Å². The summed E-state index contributed by atoms with van der Waals surface area (Å²) in [5.74, 6) is 0.719. The molecule has 0 aliphatic carbocycles. The zero-order valence-corrected chi connectivity index (χ0v) is 12.9. The Morgan fingerprint density at radius 1 is 1.48 bits per heavy atom. The molecule has 1 aliphatic heterocycles. The molecule has 1 saturated heterocycles. The molecule has 0 bridgehead atoms. The van der Waals surface area contributed by atoms with Gasteiger partial charge in [0.05, 0.1) is 31.0 Å². The highest BCUT2D eigenvalue weighted by atomic mass is 16.5. The van der Waals surface area contributed by atoms with Gasteiger partial charge < -0.3 is 20.1 Å². The molecule has 116 valence electrons. The summed E-state index contributed by atoms with van der Waals surface area (Å²) in [6, 6.07) is 7.40. The summed E-state index contributed by atoms with van der Waals surface area (Å²) >= 11 is 0. The third-order valence-electron chi connectivity index (χ3n) is 3.93. The monoisotopic (exact) mass is 292 g/mol. The van der Waals surface area contributed by atoms with Crippen LogP contribution in [0, 0.1) is 0 Å². The van der Waals surface area contributed by atoms with E-state index in [1.54, 1.807) is 25.9 Å². The molecule has 1 fully saturated rings. The van der Waals surface area contributed by atoms with Gasteiger partial charge in [-0.25, -0.2) is 0 Å². The third-order valence-corrected chi connectivity index (χ3v) is 3.93. The quantitative estimate of drug-likeness (QED) is 0.869. The fourth-order valence-corrected chi connectivity index (χ4v) is 2.86. The highest BCUT2D eigenvalue weighted by molar-refractivity contribution is 5.82. The van der Waals surface area contributed by atoms with Crippen molar-refractivity contribution in [1.29, 1.82) is 0 Å². The molecule has 1 aliphatic rings. The van der Waals surface area contributed by atoms with Crippen LogP contribution in [-0.4, -0.2) is 47.8 Å². The van der Waals surface area contributed by atoms with Crippen LogP contribution in [0.25, 0.3) is 0 Å². The molecule has 1 atom stereocenters. The highest BCUT2D eigenvalue weighted by Crippen LogP contribution is 2.27. The van der Waals surface area contributed by atoms with Crippen LogP contribution in [0.15, 0.2) is 24.3 Å². The molecule has 2 rings (SSSR count). The van der Waals surface area contributed by atoms with E-state index in [4.69, 9.17) is 4.74 Å². The summed E-state index contributed by atoms with van der Waals surface area (Å²) in [5, 5.41) is 13.3. The van der Waals surface area contributed by atoms with Gasteiger partial charge in [0.15, 0.2) is 0 Å². The number of hydrogen-bond acceptors (Lipinski definition) is 4. The number of nitrogens with one attached hydrogen (secondary N) is 1. The predicted octanol–water partition coefficient (Wildman–Crippen LogP) is 1.87. The molecular formula is C16H24N2O3. The standard InChI is InChI=1S/C16H24N2O3/c1-16(2,20)14-9-6-10-18(14)15(19)11-17-12-7-4-5-8-13(12)21-3/h4-5,7-8,14,17,20H,6,9-11H2,1-3H3. The first kappa shape index (κ1) is 15.6. The van der Waals surface area contributed by atoms with Gasteiger partial charge in [0.2, 0.25) is 5.91 Å². The normalized spacial score (nSPS) is 18.7. The summed E-state index contributed by atoms with van der Waals surface area (Å²) in [5.41, 5.74) is -0.0660. The summed E-state index contributed by atoms with van der Waals surface area (Å²) in [4.78, 5) is 14.2. The maximum atomic E-state index is 12.4. The molecule has 1 aromatic carbocycles. The minimum absolute atomic E-state index is 0.00512. The summed E-state index contributed by atoms with van der Waals surface area (Å²) < 4.78 is 5.25. The Labute approximate surface area is 125 Å². The molecule has 21 heavy (non-hydrogen) atoms. The number of ether oxygens (including phenoxy) is 1. The number of likely N-dealkylation sites (tertiary alicyclic amines) is 1. The van der Waals surface area contributed by atoms with E-state index in [1.165, 1.54) is 0 Å². The van der Waals surface area contributed by atoms with Gasteiger partial charge >= 0.3 is 0 Å². The minimum Gasteiger partial charge on any atom is -0.495 e. The maximum Gasteiger partial charge on any atom is 0.242 e. The lowest BCUT2D eigenvalue weighted by Crippen LogP contribution is -2.49. The number of carbonyl (C=O) groups excluding carboxylic acids is 1. The number of methoxy groups -OCH3 is 1. The smallest absolute Gasteiger partial charge is 0.242 e. The molecule has 1 amide bonds. The predicted molar refractivity (Wildman–Crippen MR) is 82.5 cm³/mol. The molecule has 0 aromatic heterocycles. The molecule has 5 heteroatoms. The van der Waals surface area contributed by atoms with Crippen LogP contribution in [0.3, 0.4) is 0 Å². The Balaban J connectivity index is 1.98. The van der Waals surface area contributed by atoms with Crippen LogP contribution in [0.1, 0.15) is 26.7 Å². The number of benzene rings is 1. The van der Waals surface area contributed by atoms with Gasteiger partial charge in [-0.2, -0.15) is 0 Å². The van der Waals surface area contributed by atoms with E-state index in [0.717, 1.165) is 18.5 Å². The summed E-state index contributed by atoms with van der Waals surface area (Å²) in [6.07, 6.45) is 1.79. The van der Waals surface area contributed by atoms with E-state index < -0.39 is 5.60 Å². The fraction of sp³-hybridized carbons (Fsp3) is 0.562. The first-order chi connectivity index (χ1) is 9.93. The number of para-hydroxylation sites is 2. The van der Waals surface area contributed by atoms with Gasteiger partial charge in [-0.1, -0.05) is 12.1 Å². The third kappa shape index (κ3) is 3.67. The van der Waals surface area contributed by atoms with E-state index in [9.17, 15) is 9.90 Å². The Morgan fingerprint density at radius 3 is 2.86 bits per heavy atom. The molecule has 1 heterocycles. The molecule has 5 nitrogen and oxygen atoms in total. The Morgan fingerprint density at radius 2 is 2.19 bits per heavy atom. The Hall–Kier alpha value is -1.75. The number of aliphatic hydroxyl groups is 1. The molecule has 1 unspecified atom stereocenters. The Kier molecular flexibility index (Phi) is 4.73. The lowest BCUT2D eigenvalue weighted by molar-refractivity contribution is -0.134.